The number of methoxy groups -OCH3 is 3. The molecule has 4 rings (SSSR count). The Kier molecular flexibility index (Phi) is 10.2. The number of rotatable bonds is 13. The molecule has 14 heteroatoms. The van der Waals surface area contributed by atoms with Gasteiger partial charge in [0.05, 0.1) is 49.8 Å². The number of sulfonamides is 1. The van der Waals surface area contributed by atoms with Gasteiger partial charge in [-0.15, -0.1) is 0 Å². The average molecular weight is 625 g/mol. The van der Waals surface area contributed by atoms with Crippen LogP contribution < -0.4 is 24.2 Å². The number of pyridine rings is 1. The minimum atomic E-state index is -4.02. The Labute approximate surface area is 256 Å². The van der Waals surface area contributed by atoms with Gasteiger partial charge in [-0.1, -0.05) is 12.1 Å². The zero-order valence-electron chi connectivity index (χ0n) is 25.7. The van der Waals surface area contributed by atoms with Crippen LogP contribution in [0.25, 0.3) is 22.0 Å². The van der Waals surface area contributed by atoms with Gasteiger partial charge in [0.15, 0.2) is 0 Å². The molecule has 0 saturated carbocycles. The lowest BCUT2D eigenvalue weighted by Crippen LogP contribution is -2.31. The predicted molar refractivity (Wildman–Crippen MR) is 166 cm³/mol. The van der Waals surface area contributed by atoms with E-state index in [2.05, 4.69) is 25.0 Å². The largest absolute Gasteiger partial charge is 0.491 e. The van der Waals surface area contributed by atoms with E-state index in [4.69, 9.17) is 18.9 Å². The summed E-state index contributed by atoms with van der Waals surface area (Å²) in [5, 5.41) is 3.73. The molecule has 0 spiro atoms. The van der Waals surface area contributed by atoms with Crippen LogP contribution >= 0.6 is 0 Å². The molecule has 2 N–H and O–H groups in total. The zero-order chi connectivity index (χ0) is 32.0. The van der Waals surface area contributed by atoms with Crippen molar-refractivity contribution in [2.24, 2.45) is 0 Å². The normalized spacial score (nSPS) is 11.6. The number of benzene rings is 2. The molecular formula is C30H36N6O7S. The molecule has 0 aliphatic rings. The highest BCUT2D eigenvalue weighted by molar-refractivity contribution is 7.89. The second kappa shape index (κ2) is 13.8. The summed E-state index contributed by atoms with van der Waals surface area (Å²) in [5.41, 5.74) is 2.67. The number of carbonyl (C=O) groups is 1. The number of aromatic nitrogens is 3. The third-order valence-electron chi connectivity index (χ3n) is 6.36. The molecule has 0 bridgehead atoms. The van der Waals surface area contributed by atoms with Crippen molar-refractivity contribution in [1.29, 1.82) is 0 Å². The van der Waals surface area contributed by atoms with E-state index in [1.807, 2.05) is 32.8 Å². The zero-order valence-corrected chi connectivity index (χ0v) is 26.5. The Morgan fingerprint density at radius 1 is 1.00 bits per heavy atom. The summed E-state index contributed by atoms with van der Waals surface area (Å²) in [6.45, 7) is 4.40. The lowest BCUT2D eigenvalue weighted by molar-refractivity contribution is 0.0600. The monoisotopic (exact) mass is 624 g/mol. The molecule has 0 aliphatic heterocycles. The third kappa shape index (κ3) is 7.51. The Hall–Kier alpha value is -4.53. The highest BCUT2D eigenvalue weighted by Crippen LogP contribution is 2.37. The van der Waals surface area contributed by atoms with Crippen molar-refractivity contribution in [3.8, 4) is 28.8 Å². The highest BCUT2D eigenvalue weighted by Gasteiger charge is 2.23. The first-order valence-electron chi connectivity index (χ1n) is 13.6. The maximum Gasteiger partial charge on any atom is 0.338 e. The number of likely N-dealkylation sites (N-methyl/N-ethyl adjacent to an activating group) is 1. The summed E-state index contributed by atoms with van der Waals surface area (Å²) in [7, 11) is 3.92. The van der Waals surface area contributed by atoms with Gasteiger partial charge in [0.25, 0.3) is 0 Å². The van der Waals surface area contributed by atoms with Gasteiger partial charge in [0.2, 0.25) is 15.9 Å². The summed E-state index contributed by atoms with van der Waals surface area (Å²) in [6.07, 6.45) is 2.70. The third-order valence-corrected chi connectivity index (χ3v) is 7.84. The Balaban J connectivity index is 1.89. The molecule has 0 fully saturated rings. The summed E-state index contributed by atoms with van der Waals surface area (Å²) in [5.74, 6) is 0.141. The van der Waals surface area contributed by atoms with Gasteiger partial charge in [0, 0.05) is 42.6 Å². The van der Waals surface area contributed by atoms with Crippen molar-refractivity contribution in [3.63, 3.8) is 0 Å². The average Bonchev–Trinajstić information content (AvgIpc) is 2.99. The molecule has 13 nitrogen and oxygen atoms in total. The number of hydrogen-bond donors (Lipinski definition) is 2. The van der Waals surface area contributed by atoms with E-state index in [1.165, 1.54) is 27.5 Å². The fourth-order valence-electron chi connectivity index (χ4n) is 4.35. The molecule has 0 atom stereocenters. The SMILES string of the molecule is COC(=O)c1cc(Nc2c(S(=O)(=O)NCCN(C)C)cnc3cc(-c4cnc(OC)nc4OC)ccc23)cc(OC(C)C)c1. The maximum atomic E-state index is 13.6. The molecule has 0 saturated heterocycles. The lowest BCUT2D eigenvalue weighted by atomic mass is 10.0. The summed E-state index contributed by atoms with van der Waals surface area (Å²) >= 11 is 0. The van der Waals surface area contributed by atoms with E-state index in [0.29, 0.717) is 45.9 Å². The fraction of sp³-hybridized carbons (Fsp3) is 0.333. The molecule has 0 amide bonds. The molecule has 2 aromatic heterocycles. The van der Waals surface area contributed by atoms with E-state index in [9.17, 15) is 13.2 Å². The van der Waals surface area contributed by atoms with Crippen molar-refractivity contribution in [1.82, 2.24) is 24.6 Å². The van der Waals surface area contributed by atoms with E-state index in [-0.39, 0.29) is 34.8 Å². The van der Waals surface area contributed by atoms with Gasteiger partial charge in [-0.05, 0) is 51.7 Å². The quantitative estimate of drug-likeness (QED) is 0.208. The van der Waals surface area contributed by atoms with Crippen LogP contribution in [0.3, 0.4) is 0 Å². The van der Waals surface area contributed by atoms with E-state index in [1.54, 1.807) is 42.6 Å². The molecule has 2 aromatic carbocycles. The molecule has 234 valence electrons. The number of hydrogen-bond acceptors (Lipinski definition) is 12. The van der Waals surface area contributed by atoms with Crippen LogP contribution in [0.15, 0.2) is 53.7 Å². The van der Waals surface area contributed by atoms with Gasteiger partial charge in [-0.2, -0.15) is 4.98 Å². The van der Waals surface area contributed by atoms with Crippen LogP contribution in [0.1, 0.15) is 24.2 Å². The fourth-order valence-corrected chi connectivity index (χ4v) is 5.49. The van der Waals surface area contributed by atoms with Crippen LogP contribution in [0.4, 0.5) is 11.4 Å². The summed E-state index contributed by atoms with van der Waals surface area (Å²) < 4.78 is 51.2. The minimum absolute atomic E-state index is 0.0725. The first-order chi connectivity index (χ1) is 20.9. The number of esters is 1. The molecule has 0 radical (unpaired) electrons. The minimum Gasteiger partial charge on any atom is -0.491 e. The molecule has 44 heavy (non-hydrogen) atoms. The van der Waals surface area contributed by atoms with Gasteiger partial charge in [-0.3, -0.25) is 4.98 Å². The lowest BCUT2D eigenvalue weighted by Gasteiger charge is -2.18. The Bertz CT molecular complexity index is 1760. The van der Waals surface area contributed by atoms with Crippen molar-refractivity contribution in [2.75, 3.05) is 53.8 Å². The van der Waals surface area contributed by atoms with Crippen LogP contribution in [0.5, 0.6) is 17.6 Å². The molecule has 0 unspecified atom stereocenters. The molecule has 2 heterocycles. The van der Waals surface area contributed by atoms with Crippen LogP contribution in [-0.2, 0) is 14.8 Å². The summed E-state index contributed by atoms with van der Waals surface area (Å²) in [6, 6.07) is 10.3. The van der Waals surface area contributed by atoms with E-state index in [0.717, 1.165) is 0 Å². The van der Waals surface area contributed by atoms with Gasteiger partial charge in [-0.25, -0.2) is 22.9 Å². The van der Waals surface area contributed by atoms with Gasteiger partial charge in [0.1, 0.15) is 10.6 Å². The van der Waals surface area contributed by atoms with Crippen LogP contribution in [0.2, 0.25) is 0 Å². The Morgan fingerprint density at radius 2 is 1.77 bits per heavy atom. The highest BCUT2D eigenvalue weighted by atomic mass is 32.2. The standard InChI is InChI=1S/C30H36N6O7S/c1-18(2)43-22-13-20(29(37)41-6)12-21(15-22)34-27-23-9-8-19(24-16-32-30(42-7)35-28(24)40-5)14-25(23)31-17-26(27)44(38,39)33-10-11-36(3)4/h8-9,12-18,33H,10-11H2,1-7H3,(H,31,34). The smallest absolute Gasteiger partial charge is 0.338 e. The maximum absolute atomic E-state index is 13.6. The number of carbonyl (C=O) groups excluding carboxylic acids is 1. The van der Waals surface area contributed by atoms with Crippen molar-refractivity contribution in [3.05, 3.63) is 54.4 Å². The van der Waals surface area contributed by atoms with Crippen LogP contribution in [0, 0.1) is 0 Å². The molecular weight excluding hydrogens is 588 g/mol. The molecule has 0 aliphatic carbocycles. The number of fused-ring (bicyclic) bond motifs is 1. The molecule has 4 aromatic rings. The van der Waals surface area contributed by atoms with Crippen molar-refractivity contribution in [2.45, 2.75) is 24.8 Å². The number of nitrogens with one attached hydrogen (secondary N) is 2. The number of nitrogens with zero attached hydrogens (tertiary/aromatic N) is 4. The second-order valence-corrected chi connectivity index (χ2v) is 12.0. The van der Waals surface area contributed by atoms with E-state index >= 15 is 0 Å². The van der Waals surface area contributed by atoms with E-state index < -0.39 is 16.0 Å². The first-order valence-corrected chi connectivity index (χ1v) is 15.1. The first kappa shape index (κ1) is 32.4. The number of anilines is 2. The van der Waals surface area contributed by atoms with Crippen LogP contribution in [-0.4, -0.2) is 88.9 Å². The van der Waals surface area contributed by atoms with Crippen molar-refractivity contribution < 1.29 is 32.2 Å². The topological polar surface area (TPSA) is 154 Å². The predicted octanol–water partition coefficient (Wildman–Crippen LogP) is 3.87. The van der Waals surface area contributed by atoms with Gasteiger partial charge < -0.3 is 29.2 Å². The Morgan fingerprint density at radius 3 is 2.43 bits per heavy atom. The number of ether oxygens (including phenoxy) is 4. The van der Waals surface area contributed by atoms with Gasteiger partial charge >= 0.3 is 12.0 Å². The second-order valence-electron chi connectivity index (χ2n) is 10.2. The summed E-state index contributed by atoms with van der Waals surface area (Å²) in [4.78, 5) is 27.2. The van der Waals surface area contributed by atoms with Crippen molar-refractivity contribution >= 4 is 38.3 Å².